The molecule has 0 aliphatic rings. The molecule has 0 saturated heterocycles. The van der Waals surface area contributed by atoms with Crippen LogP contribution in [0.5, 0.6) is 0 Å². The van der Waals surface area contributed by atoms with Gasteiger partial charge in [-0.2, -0.15) is 0 Å². The minimum absolute atomic E-state index is 0.117. The lowest BCUT2D eigenvalue weighted by molar-refractivity contribution is -0.115. The molecule has 3 N–H and O–H groups in total. The van der Waals surface area contributed by atoms with Crippen LogP contribution in [0.2, 0.25) is 0 Å². The fraction of sp³-hybridized carbons (Fsp3) is 0.188. The molecule has 6 nitrogen and oxygen atoms in total. The molecule has 114 valence electrons. The van der Waals surface area contributed by atoms with E-state index in [1.807, 2.05) is 25.1 Å². The number of nitrogens with zero attached hydrogens (tertiary/aromatic N) is 1. The SMILES string of the molecule is CCc1cccc(NC(=O)NCC(=O)Nc2cccnc2)c1. The number of carbonyl (C=O) groups excluding carboxylic acids is 2. The molecule has 1 aromatic carbocycles. The topological polar surface area (TPSA) is 83.1 Å². The summed E-state index contributed by atoms with van der Waals surface area (Å²) in [6, 6.07) is 10.6. The predicted molar refractivity (Wildman–Crippen MR) is 85.7 cm³/mol. The predicted octanol–water partition coefficient (Wildman–Crippen LogP) is 2.40. The number of carbonyl (C=O) groups is 2. The van der Waals surface area contributed by atoms with Crippen LogP contribution in [0.25, 0.3) is 0 Å². The molecule has 0 aliphatic heterocycles. The van der Waals surface area contributed by atoms with Gasteiger partial charge in [-0.05, 0) is 36.2 Å². The van der Waals surface area contributed by atoms with Crippen LogP contribution in [0.3, 0.4) is 0 Å². The number of aryl methyl sites for hydroxylation is 1. The van der Waals surface area contributed by atoms with Crippen molar-refractivity contribution < 1.29 is 9.59 Å². The zero-order valence-corrected chi connectivity index (χ0v) is 12.3. The van der Waals surface area contributed by atoms with Gasteiger partial charge in [0.2, 0.25) is 5.91 Å². The van der Waals surface area contributed by atoms with Crippen molar-refractivity contribution in [3.63, 3.8) is 0 Å². The molecule has 1 aromatic heterocycles. The summed E-state index contributed by atoms with van der Waals surface area (Å²) >= 11 is 0. The van der Waals surface area contributed by atoms with Gasteiger partial charge in [0.05, 0.1) is 18.4 Å². The molecule has 0 bridgehead atoms. The first kappa shape index (κ1) is 15.5. The average molecular weight is 298 g/mol. The Kier molecular flexibility index (Phi) is 5.48. The number of hydrogen-bond donors (Lipinski definition) is 3. The summed E-state index contributed by atoms with van der Waals surface area (Å²) in [5.41, 5.74) is 2.42. The Labute approximate surface area is 129 Å². The third-order valence-corrected chi connectivity index (χ3v) is 2.95. The van der Waals surface area contributed by atoms with Crippen molar-refractivity contribution in [3.8, 4) is 0 Å². The first-order chi connectivity index (χ1) is 10.7. The maximum atomic E-state index is 11.8. The summed E-state index contributed by atoms with van der Waals surface area (Å²) < 4.78 is 0. The Bertz CT molecular complexity index is 644. The van der Waals surface area contributed by atoms with E-state index in [0.717, 1.165) is 12.0 Å². The molecule has 0 spiro atoms. The maximum Gasteiger partial charge on any atom is 0.319 e. The number of pyridine rings is 1. The van der Waals surface area contributed by atoms with Crippen LogP contribution in [0, 0.1) is 0 Å². The third-order valence-electron chi connectivity index (χ3n) is 2.95. The van der Waals surface area contributed by atoms with E-state index in [1.54, 1.807) is 24.4 Å². The highest BCUT2D eigenvalue weighted by Gasteiger charge is 2.06. The van der Waals surface area contributed by atoms with Gasteiger partial charge < -0.3 is 16.0 Å². The molecule has 22 heavy (non-hydrogen) atoms. The molecule has 0 atom stereocenters. The molecule has 0 saturated carbocycles. The van der Waals surface area contributed by atoms with Gasteiger partial charge in [-0.15, -0.1) is 0 Å². The van der Waals surface area contributed by atoms with Gasteiger partial charge in [0, 0.05) is 11.9 Å². The van der Waals surface area contributed by atoms with Gasteiger partial charge in [0.25, 0.3) is 0 Å². The zero-order chi connectivity index (χ0) is 15.8. The highest BCUT2D eigenvalue weighted by molar-refractivity contribution is 5.96. The Morgan fingerprint density at radius 1 is 1.09 bits per heavy atom. The first-order valence-electron chi connectivity index (χ1n) is 7.01. The van der Waals surface area contributed by atoms with Crippen LogP contribution in [0.15, 0.2) is 48.8 Å². The summed E-state index contributed by atoms with van der Waals surface area (Å²) in [5.74, 6) is -0.314. The first-order valence-corrected chi connectivity index (χ1v) is 7.01. The lowest BCUT2D eigenvalue weighted by Crippen LogP contribution is -2.35. The van der Waals surface area contributed by atoms with Gasteiger partial charge >= 0.3 is 6.03 Å². The van der Waals surface area contributed by atoms with E-state index in [0.29, 0.717) is 11.4 Å². The van der Waals surface area contributed by atoms with Crippen LogP contribution < -0.4 is 16.0 Å². The molecular weight excluding hydrogens is 280 g/mol. The van der Waals surface area contributed by atoms with Crippen molar-refractivity contribution in [2.75, 3.05) is 17.2 Å². The molecule has 1 heterocycles. The van der Waals surface area contributed by atoms with E-state index < -0.39 is 6.03 Å². The number of anilines is 2. The molecule has 3 amide bonds. The van der Waals surface area contributed by atoms with Crippen molar-refractivity contribution in [2.24, 2.45) is 0 Å². The van der Waals surface area contributed by atoms with Crippen molar-refractivity contribution in [1.29, 1.82) is 0 Å². The van der Waals surface area contributed by atoms with E-state index in [1.165, 1.54) is 6.20 Å². The second-order valence-electron chi connectivity index (χ2n) is 4.65. The molecule has 0 radical (unpaired) electrons. The fourth-order valence-corrected chi connectivity index (χ4v) is 1.85. The van der Waals surface area contributed by atoms with E-state index in [4.69, 9.17) is 0 Å². The van der Waals surface area contributed by atoms with E-state index >= 15 is 0 Å². The molecule has 0 unspecified atom stereocenters. The Balaban J connectivity index is 1.78. The van der Waals surface area contributed by atoms with Gasteiger partial charge in [-0.25, -0.2) is 4.79 Å². The van der Waals surface area contributed by atoms with Crippen molar-refractivity contribution >= 4 is 23.3 Å². The van der Waals surface area contributed by atoms with Gasteiger partial charge in [0.1, 0.15) is 0 Å². The highest BCUT2D eigenvalue weighted by Crippen LogP contribution is 2.10. The van der Waals surface area contributed by atoms with E-state index in [2.05, 4.69) is 20.9 Å². The van der Waals surface area contributed by atoms with E-state index in [-0.39, 0.29) is 12.5 Å². The minimum atomic E-state index is -0.422. The minimum Gasteiger partial charge on any atom is -0.329 e. The second kappa shape index (κ2) is 7.78. The number of urea groups is 1. The fourth-order valence-electron chi connectivity index (χ4n) is 1.85. The number of rotatable bonds is 5. The average Bonchev–Trinajstić information content (AvgIpc) is 2.54. The Morgan fingerprint density at radius 3 is 2.64 bits per heavy atom. The summed E-state index contributed by atoms with van der Waals surface area (Å²) in [6.07, 6.45) is 4.05. The van der Waals surface area contributed by atoms with Gasteiger partial charge in [0.15, 0.2) is 0 Å². The number of benzene rings is 1. The molecular formula is C16H18N4O2. The molecule has 0 fully saturated rings. The van der Waals surface area contributed by atoms with Crippen LogP contribution in [0.1, 0.15) is 12.5 Å². The second-order valence-corrected chi connectivity index (χ2v) is 4.65. The van der Waals surface area contributed by atoms with Crippen molar-refractivity contribution in [2.45, 2.75) is 13.3 Å². The molecule has 6 heteroatoms. The number of aromatic nitrogens is 1. The largest absolute Gasteiger partial charge is 0.329 e. The monoisotopic (exact) mass is 298 g/mol. The molecule has 2 aromatic rings. The maximum absolute atomic E-state index is 11.8. The quantitative estimate of drug-likeness (QED) is 0.792. The third kappa shape index (κ3) is 4.90. The molecule has 2 rings (SSSR count). The van der Waals surface area contributed by atoms with E-state index in [9.17, 15) is 9.59 Å². The zero-order valence-electron chi connectivity index (χ0n) is 12.3. The van der Waals surface area contributed by atoms with Crippen LogP contribution in [0.4, 0.5) is 16.2 Å². The van der Waals surface area contributed by atoms with Crippen molar-refractivity contribution in [1.82, 2.24) is 10.3 Å². The summed E-state index contributed by atoms with van der Waals surface area (Å²) in [7, 11) is 0. The summed E-state index contributed by atoms with van der Waals surface area (Å²) in [5, 5.41) is 7.84. The number of hydrogen-bond acceptors (Lipinski definition) is 3. The van der Waals surface area contributed by atoms with Crippen LogP contribution >= 0.6 is 0 Å². The van der Waals surface area contributed by atoms with Crippen LogP contribution in [-0.4, -0.2) is 23.5 Å². The normalized spacial score (nSPS) is 9.86. The summed E-state index contributed by atoms with van der Waals surface area (Å²) in [6.45, 7) is 1.93. The highest BCUT2D eigenvalue weighted by atomic mass is 16.2. The van der Waals surface area contributed by atoms with Crippen LogP contribution in [-0.2, 0) is 11.2 Å². The molecule has 0 aliphatic carbocycles. The lowest BCUT2D eigenvalue weighted by Gasteiger charge is -2.09. The number of amides is 3. The van der Waals surface area contributed by atoms with Gasteiger partial charge in [-0.3, -0.25) is 9.78 Å². The Hall–Kier alpha value is -2.89. The number of nitrogens with one attached hydrogen (secondary N) is 3. The van der Waals surface area contributed by atoms with Gasteiger partial charge in [-0.1, -0.05) is 19.1 Å². The summed E-state index contributed by atoms with van der Waals surface area (Å²) in [4.78, 5) is 27.3. The smallest absolute Gasteiger partial charge is 0.319 e. The van der Waals surface area contributed by atoms with Crippen molar-refractivity contribution in [3.05, 3.63) is 54.4 Å². The standard InChI is InChI=1S/C16H18N4O2/c1-2-12-5-3-6-13(9-12)20-16(22)18-11-15(21)19-14-7-4-8-17-10-14/h3-10H,2,11H2,1H3,(H,19,21)(H2,18,20,22). The lowest BCUT2D eigenvalue weighted by atomic mass is 10.1. The Morgan fingerprint density at radius 2 is 1.91 bits per heavy atom.